The summed E-state index contributed by atoms with van der Waals surface area (Å²) in [5.74, 6) is 6.01. The fraction of sp³-hybridized carbons (Fsp3) is 0.786. The van der Waals surface area contributed by atoms with E-state index in [1.165, 1.54) is 0 Å². The molecule has 0 N–H and O–H groups in total. The molecule has 5 heteroatoms. The van der Waals surface area contributed by atoms with E-state index < -0.39 is 8.32 Å². The van der Waals surface area contributed by atoms with Gasteiger partial charge in [-0.25, -0.2) is 0 Å². The van der Waals surface area contributed by atoms with Crippen molar-refractivity contribution in [1.82, 2.24) is 4.90 Å². The Bertz CT molecular complexity index is 392. The van der Waals surface area contributed by atoms with E-state index in [1.807, 2.05) is 0 Å². The van der Waals surface area contributed by atoms with E-state index in [0.29, 0.717) is 11.9 Å². The van der Waals surface area contributed by atoms with Gasteiger partial charge in [-0.05, 0) is 24.6 Å². The van der Waals surface area contributed by atoms with Crippen molar-refractivity contribution < 1.29 is 9.22 Å². The highest BCUT2D eigenvalue weighted by molar-refractivity contribution is 9.09. The Morgan fingerprint density at radius 3 is 2.58 bits per heavy atom. The lowest BCUT2D eigenvalue weighted by molar-refractivity contribution is -0.133. The average molecular weight is 346 g/mol. The van der Waals surface area contributed by atoms with Crippen LogP contribution in [-0.2, 0) is 9.22 Å². The molecule has 1 rings (SSSR count). The molecule has 1 saturated heterocycles. The number of likely N-dealkylation sites (tertiary alicyclic amines) is 1. The van der Waals surface area contributed by atoms with Crippen molar-refractivity contribution in [2.75, 3.05) is 18.4 Å². The van der Waals surface area contributed by atoms with Gasteiger partial charge in [0.15, 0.2) is 8.32 Å². The molecule has 0 aromatic carbocycles. The maximum atomic E-state index is 12.2. The minimum absolute atomic E-state index is 0.105. The van der Waals surface area contributed by atoms with E-state index in [2.05, 4.69) is 61.6 Å². The van der Waals surface area contributed by atoms with E-state index in [1.54, 1.807) is 4.90 Å². The molecule has 19 heavy (non-hydrogen) atoms. The number of carbonyl (C=O) groups excluding carboxylic acids is 1. The monoisotopic (exact) mass is 345 g/mol. The largest absolute Gasteiger partial charge is 0.405 e. The first-order valence-corrected chi connectivity index (χ1v) is 10.7. The molecule has 0 bridgehead atoms. The lowest BCUT2D eigenvalue weighted by Gasteiger charge is -2.37. The predicted octanol–water partition coefficient (Wildman–Crippen LogP) is 3.01. The predicted molar refractivity (Wildman–Crippen MR) is 84.8 cm³/mol. The smallest absolute Gasteiger partial charge is 0.251 e. The summed E-state index contributed by atoms with van der Waals surface area (Å²) in [6.45, 7) is 12.2. The van der Waals surface area contributed by atoms with Gasteiger partial charge in [0.1, 0.15) is 6.10 Å². The third-order valence-corrected chi connectivity index (χ3v) is 8.72. The van der Waals surface area contributed by atoms with Gasteiger partial charge in [0.25, 0.3) is 5.91 Å². The van der Waals surface area contributed by atoms with E-state index >= 15 is 0 Å². The number of rotatable bonds is 3. The summed E-state index contributed by atoms with van der Waals surface area (Å²) < 4.78 is 6.20. The van der Waals surface area contributed by atoms with Crippen LogP contribution in [0.15, 0.2) is 0 Å². The highest BCUT2D eigenvalue weighted by Crippen LogP contribution is 2.38. The molecule has 0 spiro atoms. The topological polar surface area (TPSA) is 29.5 Å². The molecular weight excluding hydrogens is 322 g/mol. The summed E-state index contributed by atoms with van der Waals surface area (Å²) in [6.07, 6.45) is 0.535. The fourth-order valence-electron chi connectivity index (χ4n) is 1.71. The standard InChI is InChI=1S/C14H24BrNO2Si/c1-14(2,3)19(4,5)18-12-8-11-16(13(12)17)10-7-6-9-15/h12H,8-11H2,1-5H3/t12-/m0/s1. The average Bonchev–Trinajstić information content (AvgIpc) is 2.60. The van der Waals surface area contributed by atoms with Crippen molar-refractivity contribution in [2.45, 2.75) is 51.4 Å². The summed E-state index contributed by atoms with van der Waals surface area (Å²) in [5, 5.41) is 0.787. The van der Waals surface area contributed by atoms with Gasteiger partial charge in [-0.3, -0.25) is 4.79 Å². The van der Waals surface area contributed by atoms with Gasteiger partial charge in [-0.2, -0.15) is 0 Å². The van der Waals surface area contributed by atoms with Gasteiger partial charge in [0, 0.05) is 6.54 Å². The first kappa shape index (κ1) is 16.7. The number of hydrogen-bond donors (Lipinski definition) is 0. The maximum Gasteiger partial charge on any atom is 0.251 e. The molecular formula is C14H24BrNO2Si. The number of amides is 1. The van der Waals surface area contributed by atoms with Crippen molar-refractivity contribution in [2.24, 2.45) is 0 Å². The Morgan fingerprint density at radius 2 is 2.05 bits per heavy atom. The molecule has 1 aliphatic heterocycles. The number of alkyl halides is 1. The number of halogens is 1. The molecule has 0 radical (unpaired) electrons. The molecule has 1 heterocycles. The minimum atomic E-state index is -1.87. The van der Waals surface area contributed by atoms with Gasteiger partial charge in [-0.15, -0.1) is 0 Å². The van der Waals surface area contributed by atoms with Gasteiger partial charge < -0.3 is 9.33 Å². The van der Waals surface area contributed by atoms with E-state index in [0.717, 1.165) is 13.0 Å². The van der Waals surface area contributed by atoms with Crippen molar-refractivity contribution in [3.8, 4) is 11.8 Å². The molecule has 0 aromatic heterocycles. The Labute approximate surface area is 126 Å². The first-order chi connectivity index (χ1) is 8.69. The second-order valence-electron chi connectivity index (χ2n) is 6.40. The zero-order chi connectivity index (χ0) is 14.7. The third kappa shape index (κ3) is 4.33. The molecule has 1 amide bonds. The SMILES string of the molecule is CC(C)(C)[Si](C)(C)O[C@H]1CCN(CC#CCBr)C1=O. The fourth-order valence-corrected chi connectivity index (χ4v) is 3.19. The van der Waals surface area contributed by atoms with Crippen LogP contribution in [-0.4, -0.2) is 43.6 Å². The first-order valence-electron chi connectivity index (χ1n) is 6.67. The van der Waals surface area contributed by atoms with Crippen molar-refractivity contribution in [1.29, 1.82) is 0 Å². The van der Waals surface area contributed by atoms with E-state index in [-0.39, 0.29) is 17.0 Å². The van der Waals surface area contributed by atoms with Gasteiger partial charge in [0.05, 0.1) is 11.9 Å². The van der Waals surface area contributed by atoms with Gasteiger partial charge >= 0.3 is 0 Å². The molecule has 0 unspecified atom stereocenters. The highest BCUT2D eigenvalue weighted by Gasteiger charge is 2.43. The molecule has 1 atom stereocenters. The van der Waals surface area contributed by atoms with Gasteiger partial charge in [0.2, 0.25) is 0 Å². The van der Waals surface area contributed by atoms with Crippen LogP contribution >= 0.6 is 15.9 Å². The maximum absolute atomic E-state index is 12.2. The van der Waals surface area contributed by atoms with E-state index in [9.17, 15) is 4.79 Å². The second-order valence-corrected chi connectivity index (χ2v) is 11.7. The summed E-state index contributed by atoms with van der Waals surface area (Å²) in [5.41, 5.74) is 0. The quantitative estimate of drug-likeness (QED) is 0.447. The zero-order valence-electron chi connectivity index (χ0n) is 12.5. The summed E-state index contributed by atoms with van der Waals surface area (Å²) >= 11 is 3.25. The normalized spacial score (nSPS) is 20.4. The lowest BCUT2D eigenvalue weighted by atomic mass is 10.2. The van der Waals surface area contributed by atoms with Crippen LogP contribution in [0.4, 0.5) is 0 Å². The molecule has 0 aliphatic carbocycles. The Morgan fingerprint density at radius 1 is 1.42 bits per heavy atom. The Balaban J connectivity index is 2.61. The number of nitrogens with zero attached hydrogens (tertiary/aromatic N) is 1. The van der Waals surface area contributed by atoms with Crippen LogP contribution in [0, 0.1) is 11.8 Å². The minimum Gasteiger partial charge on any atom is -0.405 e. The molecule has 0 aromatic rings. The Hall–Kier alpha value is -0.313. The number of carbonyl (C=O) groups is 1. The molecule has 0 saturated carbocycles. The van der Waals surface area contributed by atoms with Crippen LogP contribution in [0.3, 0.4) is 0 Å². The van der Waals surface area contributed by atoms with Gasteiger partial charge in [-0.1, -0.05) is 48.5 Å². The van der Waals surface area contributed by atoms with Crippen LogP contribution < -0.4 is 0 Å². The molecule has 3 nitrogen and oxygen atoms in total. The zero-order valence-corrected chi connectivity index (χ0v) is 15.1. The lowest BCUT2D eigenvalue weighted by Crippen LogP contribution is -2.46. The molecule has 108 valence electrons. The van der Waals surface area contributed by atoms with Crippen LogP contribution in [0.1, 0.15) is 27.2 Å². The van der Waals surface area contributed by atoms with Crippen LogP contribution in [0.25, 0.3) is 0 Å². The molecule has 1 aliphatic rings. The highest BCUT2D eigenvalue weighted by atomic mass is 79.9. The van der Waals surface area contributed by atoms with Crippen molar-refractivity contribution in [3.05, 3.63) is 0 Å². The summed E-state index contributed by atoms with van der Waals surface area (Å²) in [4.78, 5) is 14.0. The third-order valence-electron chi connectivity index (χ3n) is 3.95. The van der Waals surface area contributed by atoms with Crippen molar-refractivity contribution >= 4 is 30.2 Å². The second kappa shape index (κ2) is 6.42. The number of hydrogen-bond acceptors (Lipinski definition) is 2. The van der Waals surface area contributed by atoms with Crippen molar-refractivity contribution in [3.63, 3.8) is 0 Å². The van der Waals surface area contributed by atoms with Crippen LogP contribution in [0.2, 0.25) is 18.1 Å². The Kier molecular flexibility index (Phi) is 5.66. The van der Waals surface area contributed by atoms with E-state index in [4.69, 9.17) is 4.43 Å². The molecule has 1 fully saturated rings. The summed E-state index contributed by atoms with van der Waals surface area (Å²) in [7, 11) is -1.87. The van der Waals surface area contributed by atoms with Crippen LogP contribution in [0.5, 0.6) is 0 Å². The summed E-state index contributed by atoms with van der Waals surface area (Å²) in [6, 6.07) is 0.